The molecule has 5 nitrogen and oxygen atoms in total. The van der Waals surface area contributed by atoms with Gasteiger partial charge in [0.1, 0.15) is 0 Å². The number of nitrogens with one attached hydrogen (secondary N) is 1. The molecule has 44 heavy (non-hydrogen) atoms. The molecule has 1 aromatic heterocycles. The predicted octanol–water partition coefficient (Wildman–Crippen LogP) is 9.03. The molecule has 4 aromatic carbocycles. The van der Waals surface area contributed by atoms with Crippen molar-refractivity contribution in [2.75, 3.05) is 0 Å². The lowest BCUT2D eigenvalue weighted by atomic mass is 9.81. The van der Waals surface area contributed by atoms with Gasteiger partial charge < -0.3 is 9.88 Å². The molecular formula is C39H42N2O3. The molecule has 0 aliphatic rings. The Hall–Kier alpha value is -4.73. The summed E-state index contributed by atoms with van der Waals surface area (Å²) in [5.74, 6) is 0.397. The lowest BCUT2D eigenvalue weighted by Gasteiger charge is -2.32. The molecule has 0 fully saturated rings. The molecule has 0 bridgehead atoms. The van der Waals surface area contributed by atoms with Gasteiger partial charge in [-0.3, -0.25) is 4.79 Å². The first-order valence-electron chi connectivity index (χ1n) is 15.1. The van der Waals surface area contributed by atoms with Gasteiger partial charge in [-0.05, 0) is 76.8 Å². The van der Waals surface area contributed by atoms with E-state index in [0.29, 0.717) is 11.5 Å². The van der Waals surface area contributed by atoms with Crippen molar-refractivity contribution in [1.29, 1.82) is 0 Å². The Morgan fingerprint density at radius 3 is 2.02 bits per heavy atom. The van der Waals surface area contributed by atoms with Gasteiger partial charge in [0.15, 0.2) is 0 Å². The van der Waals surface area contributed by atoms with Crippen molar-refractivity contribution in [2.45, 2.75) is 67.0 Å². The summed E-state index contributed by atoms with van der Waals surface area (Å²) < 4.78 is 2.36. The van der Waals surface area contributed by atoms with Crippen LogP contribution in [0, 0.1) is 19.3 Å². The van der Waals surface area contributed by atoms with E-state index in [9.17, 15) is 4.79 Å². The molecule has 1 atom stereocenters. The average Bonchev–Trinajstić information content (AvgIpc) is 3.24. The molecule has 5 heteroatoms. The fraction of sp³-hybridized carbons (Fsp3) is 0.282. The topological polar surface area (TPSA) is 68.2 Å². The number of carbonyl (C=O) groups is 1. The summed E-state index contributed by atoms with van der Waals surface area (Å²) in [6, 6.07) is 34.0. The molecule has 0 spiro atoms. The van der Waals surface area contributed by atoms with Crippen molar-refractivity contribution in [2.24, 2.45) is 5.41 Å². The normalized spacial score (nSPS) is 11.9. The minimum atomic E-state index is -0.138. The molecule has 0 aliphatic carbocycles. The van der Waals surface area contributed by atoms with Gasteiger partial charge in [0.2, 0.25) is 0 Å². The Kier molecular flexibility index (Phi) is 10.0. The zero-order valence-electron chi connectivity index (χ0n) is 26.8. The van der Waals surface area contributed by atoms with Crippen LogP contribution in [0.4, 0.5) is 0 Å². The molecule has 0 aliphatic heterocycles. The summed E-state index contributed by atoms with van der Waals surface area (Å²) in [5, 5.41) is 4.50. The van der Waals surface area contributed by atoms with Gasteiger partial charge in [-0.25, -0.2) is 0 Å². The van der Waals surface area contributed by atoms with E-state index in [2.05, 4.69) is 143 Å². The quantitative estimate of drug-likeness (QED) is 0.207. The fourth-order valence-corrected chi connectivity index (χ4v) is 5.72. The second-order valence-corrected chi connectivity index (χ2v) is 12.8. The van der Waals surface area contributed by atoms with Crippen LogP contribution in [-0.4, -0.2) is 16.6 Å². The maximum atomic E-state index is 13.7. The van der Waals surface area contributed by atoms with E-state index < -0.39 is 0 Å². The van der Waals surface area contributed by atoms with E-state index in [4.69, 9.17) is 9.59 Å². The molecule has 1 N–H and O–H groups in total. The Bertz CT molecular complexity index is 1770. The maximum Gasteiger partial charge on any atom is 0.373 e. The van der Waals surface area contributed by atoms with Crippen molar-refractivity contribution < 1.29 is 14.4 Å². The van der Waals surface area contributed by atoms with Crippen LogP contribution in [0.15, 0.2) is 97.1 Å². The SMILES string of the molecule is Cc1c(C)n(Cc2ccc(-c3ccccc3)cc2)c2ccc(C(=O)N[C@@H](c3cccc(C(C)C)c3)C(C)(C)C)cc12.O=C=O. The lowest BCUT2D eigenvalue weighted by molar-refractivity contribution is -0.191. The number of amides is 1. The smallest absolute Gasteiger partial charge is 0.345 e. The van der Waals surface area contributed by atoms with Gasteiger partial charge in [0.25, 0.3) is 5.91 Å². The Labute approximate surface area is 260 Å². The summed E-state index contributed by atoms with van der Waals surface area (Å²) in [6.45, 7) is 16.1. The summed E-state index contributed by atoms with van der Waals surface area (Å²) >= 11 is 0. The van der Waals surface area contributed by atoms with E-state index in [-0.39, 0.29) is 23.5 Å². The first-order chi connectivity index (χ1) is 20.9. The van der Waals surface area contributed by atoms with Crippen LogP contribution in [0.3, 0.4) is 0 Å². The first-order valence-corrected chi connectivity index (χ1v) is 15.1. The largest absolute Gasteiger partial charge is 0.373 e. The van der Waals surface area contributed by atoms with Crippen molar-refractivity contribution in [1.82, 2.24) is 9.88 Å². The van der Waals surface area contributed by atoms with Crippen molar-refractivity contribution in [3.8, 4) is 11.1 Å². The second kappa shape index (κ2) is 13.7. The van der Waals surface area contributed by atoms with Gasteiger partial charge in [0, 0.05) is 28.7 Å². The van der Waals surface area contributed by atoms with Crippen LogP contribution in [0.1, 0.15) is 84.9 Å². The van der Waals surface area contributed by atoms with E-state index in [1.807, 2.05) is 12.1 Å². The summed E-state index contributed by atoms with van der Waals surface area (Å²) in [6.07, 6.45) is 0.250. The number of fused-ring (bicyclic) bond motifs is 1. The molecule has 0 unspecified atom stereocenters. The minimum Gasteiger partial charge on any atom is -0.345 e. The highest BCUT2D eigenvalue weighted by Crippen LogP contribution is 2.35. The van der Waals surface area contributed by atoms with Crippen molar-refractivity contribution in [3.05, 3.63) is 131 Å². The van der Waals surface area contributed by atoms with E-state index in [1.54, 1.807) is 0 Å². The molecule has 0 saturated carbocycles. The number of benzene rings is 4. The van der Waals surface area contributed by atoms with Gasteiger partial charge in [-0.2, -0.15) is 9.59 Å². The monoisotopic (exact) mass is 586 g/mol. The molecule has 5 aromatic rings. The van der Waals surface area contributed by atoms with Crippen molar-refractivity contribution >= 4 is 23.0 Å². The van der Waals surface area contributed by atoms with E-state index >= 15 is 0 Å². The number of hydrogen-bond donors (Lipinski definition) is 1. The Balaban J connectivity index is 0.00000141. The van der Waals surface area contributed by atoms with Crippen LogP contribution < -0.4 is 5.32 Å². The lowest BCUT2D eigenvalue weighted by Crippen LogP contribution is -2.36. The third-order valence-electron chi connectivity index (χ3n) is 8.36. The van der Waals surface area contributed by atoms with E-state index in [0.717, 1.165) is 23.0 Å². The summed E-state index contributed by atoms with van der Waals surface area (Å²) in [5.41, 5.74) is 10.3. The third kappa shape index (κ3) is 7.24. The number of carbonyl (C=O) groups excluding carboxylic acids is 3. The van der Waals surface area contributed by atoms with Crippen LogP contribution in [0.2, 0.25) is 0 Å². The number of nitrogens with zero attached hydrogens (tertiary/aromatic N) is 1. The second-order valence-electron chi connectivity index (χ2n) is 12.8. The number of aryl methyl sites for hydroxylation is 1. The number of aromatic nitrogens is 1. The first kappa shape index (κ1) is 32.2. The van der Waals surface area contributed by atoms with Gasteiger partial charge >= 0.3 is 6.15 Å². The molecule has 5 rings (SSSR count). The minimum absolute atomic E-state index is 0.0388. The highest BCUT2D eigenvalue weighted by atomic mass is 16.2. The number of hydrogen-bond acceptors (Lipinski definition) is 3. The Morgan fingerprint density at radius 1 is 0.795 bits per heavy atom. The molecule has 226 valence electrons. The van der Waals surface area contributed by atoms with Gasteiger partial charge in [0.05, 0.1) is 6.04 Å². The van der Waals surface area contributed by atoms with Crippen LogP contribution in [0.5, 0.6) is 0 Å². The summed E-state index contributed by atoms with van der Waals surface area (Å²) in [4.78, 5) is 29.9. The van der Waals surface area contributed by atoms with Gasteiger partial charge in [-0.1, -0.05) is 113 Å². The van der Waals surface area contributed by atoms with Gasteiger partial charge in [-0.15, -0.1) is 0 Å². The molecule has 1 amide bonds. The standard InChI is InChI=1S/C38H42N2O.CO2/c1-25(2)31-14-11-15-32(22-31)36(38(5,6)7)39-37(41)33-20-21-35-34(23-33)26(3)27(4)40(35)24-28-16-18-30(19-17-28)29-12-9-8-10-13-29;2-1-3/h8-23,25,36H,24H2,1-7H3,(H,39,41);/t36-;/m0./s1. The van der Waals surface area contributed by atoms with Crippen LogP contribution in [-0.2, 0) is 16.1 Å². The van der Waals surface area contributed by atoms with Crippen LogP contribution in [0.25, 0.3) is 22.0 Å². The molecule has 1 heterocycles. The zero-order valence-corrected chi connectivity index (χ0v) is 26.8. The highest BCUT2D eigenvalue weighted by molar-refractivity contribution is 5.99. The third-order valence-corrected chi connectivity index (χ3v) is 8.36. The molecule has 0 saturated heterocycles. The Morgan fingerprint density at radius 2 is 1.41 bits per heavy atom. The fourth-order valence-electron chi connectivity index (χ4n) is 5.72. The average molecular weight is 587 g/mol. The zero-order chi connectivity index (χ0) is 32.0. The summed E-state index contributed by atoms with van der Waals surface area (Å²) in [7, 11) is 0. The highest BCUT2D eigenvalue weighted by Gasteiger charge is 2.29. The molecule has 0 radical (unpaired) electrons. The maximum absolute atomic E-state index is 13.7. The number of rotatable bonds is 7. The van der Waals surface area contributed by atoms with Crippen LogP contribution >= 0.6 is 0 Å². The molecular weight excluding hydrogens is 544 g/mol. The van der Waals surface area contributed by atoms with E-state index in [1.165, 1.54) is 33.5 Å². The predicted molar refractivity (Wildman–Crippen MR) is 178 cm³/mol. The van der Waals surface area contributed by atoms with Crippen molar-refractivity contribution in [3.63, 3.8) is 0 Å².